The number of hydrogen-bond donors (Lipinski definition) is 0. The quantitative estimate of drug-likeness (QED) is 0.167. The lowest BCUT2D eigenvalue weighted by Crippen LogP contribution is -2.11. The Morgan fingerprint density at radius 3 is 2.15 bits per heavy atom. The van der Waals surface area contributed by atoms with E-state index in [9.17, 15) is 0 Å². The van der Waals surface area contributed by atoms with Crippen LogP contribution in [0.25, 0.3) is 59.8 Å². The van der Waals surface area contributed by atoms with Gasteiger partial charge in [0.25, 0.3) is 0 Å². The minimum atomic E-state index is 0.184. The minimum absolute atomic E-state index is 0.184. The van der Waals surface area contributed by atoms with Gasteiger partial charge in [-0.3, -0.25) is 4.98 Å². The Labute approximate surface area is 231 Å². The average molecular weight is 511 g/mol. The van der Waals surface area contributed by atoms with Crippen LogP contribution in [-0.2, 0) is 12.8 Å². The molecule has 0 atom stereocenters. The third kappa shape index (κ3) is 3.57. The van der Waals surface area contributed by atoms with Crippen molar-refractivity contribution in [3.63, 3.8) is 0 Å². The van der Waals surface area contributed by atoms with Crippen molar-refractivity contribution in [3.8, 4) is 0 Å². The lowest BCUT2D eigenvalue weighted by molar-refractivity contribution is 0.411. The molecule has 3 heterocycles. The summed E-state index contributed by atoms with van der Waals surface area (Å²) >= 11 is 0. The Kier molecular flexibility index (Phi) is 4.97. The van der Waals surface area contributed by atoms with Crippen molar-refractivity contribution in [1.29, 1.82) is 0 Å². The van der Waals surface area contributed by atoms with Gasteiger partial charge in [-0.15, -0.1) is 0 Å². The molecule has 0 fully saturated rings. The summed E-state index contributed by atoms with van der Waals surface area (Å²) in [5.41, 5.74) is 11.1. The van der Waals surface area contributed by atoms with E-state index < -0.39 is 0 Å². The lowest BCUT2D eigenvalue weighted by Gasteiger charge is -2.23. The van der Waals surface area contributed by atoms with Crippen molar-refractivity contribution in [2.75, 3.05) is 0 Å². The molecule has 0 radical (unpaired) electrons. The summed E-state index contributed by atoms with van der Waals surface area (Å²) < 4.78 is 2.57. The molecule has 0 amide bonds. The number of aryl methyl sites for hydroxylation is 2. The van der Waals surface area contributed by atoms with E-state index in [0.717, 1.165) is 18.4 Å². The molecule has 4 aromatic carbocycles. The maximum absolute atomic E-state index is 5.09. The topological polar surface area (TPSA) is 17.3 Å². The molecule has 3 aromatic heterocycles. The van der Waals surface area contributed by atoms with Crippen molar-refractivity contribution >= 4 is 59.8 Å². The van der Waals surface area contributed by atoms with Gasteiger partial charge in [-0.25, -0.2) is 0 Å². The van der Waals surface area contributed by atoms with Crippen LogP contribution in [0.1, 0.15) is 63.8 Å². The summed E-state index contributed by atoms with van der Waals surface area (Å²) in [6.45, 7) is 18.6. The molecule has 2 heteroatoms. The van der Waals surface area contributed by atoms with Crippen LogP contribution in [0.4, 0.5) is 0 Å². The van der Waals surface area contributed by atoms with Gasteiger partial charge in [-0.05, 0) is 94.1 Å². The zero-order valence-corrected chi connectivity index (χ0v) is 24.6. The smallest absolute Gasteiger partial charge is 0.0823 e. The van der Waals surface area contributed by atoms with Crippen LogP contribution in [-0.4, -0.2) is 9.38 Å². The molecule has 0 aliphatic rings. The van der Waals surface area contributed by atoms with Gasteiger partial charge in [0, 0.05) is 27.7 Å². The average Bonchev–Trinajstić information content (AvgIpc) is 3.20. The highest BCUT2D eigenvalue weighted by Crippen LogP contribution is 2.46. The minimum Gasteiger partial charge on any atom is -0.308 e. The van der Waals surface area contributed by atoms with Gasteiger partial charge >= 0.3 is 0 Å². The van der Waals surface area contributed by atoms with E-state index in [2.05, 4.69) is 114 Å². The van der Waals surface area contributed by atoms with Gasteiger partial charge in [0.15, 0.2) is 0 Å². The second-order valence-corrected chi connectivity index (χ2v) is 14.2. The Balaban J connectivity index is 1.74. The highest BCUT2D eigenvalue weighted by atomic mass is 14.9. The lowest BCUT2D eigenvalue weighted by atomic mass is 9.82. The van der Waals surface area contributed by atoms with Gasteiger partial charge in [0.2, 0.25) is 0 Å². The van der Waals surface area contributed by atoms with Gasteiger partial charge < -0.3 is 4.40 Å². The van der Waals surface area contributed by atoms with Gasteiger partial charge in [0.1, 0.15) is 0 Å². The van der Waals surface area contributed by atoms with E-state index in [0.29, 0.717) is 0 Å². The van der Waals surface area contributed by atoms with Crippen LogP contribution in [0.5, 0.6) is 0 Å². The molecule has 196 valence electrons. The third-order valence-electron chi connectivity index (χ3n) is 8.57. The number of nitrogens with zero attached hydrogens (tertiary/aromatic N) is 2. The zero-order chi connectivity index (χ0) is 27.4. The zero-order valence-electron chi connectivity index (χ0n) is 24.6. The Morgan fingerprint density at radius 2 is 1.41 bits per heavy atom. The normalized spacial score (nSPS) is 13.3. The Hall–Kier alpha value is -3.65. The molecule has 0 bridgehead atoms. The monoisotopic (exact) mass is 510 g/mol. The van der Waals surface area contributed by atoms with Crippen molar-refractivity contribution in [2.24, 2.45) is 10.8 Å². The predicted octanol–water partition coefficient (Wildman–Crippen LogP) is 10.3. The second kappa shape index (κ2) is 7.94. The van der Waals surface area contributed by atoms with Crippen LogP contribution in [0.3, 0.4) is 0 Å². The third-order valence-corrected chi connectivity index (χ3v) is 8.57. The summed E-state index contributed by atoms with van der Waals surface area (Å²) in [6, 6.07) is 20.7. The van der Waals surface area contributed by atoms with Crippen molar-refractivity contribution in [3.05, 3.63) is 83.0 Å². The highest BCUT2D eigenvalue weighted by Gasteiger charge is 2.26. The first-order valence-corrected chi connectivity index (χ1v) is 14.3. The first-order chi connectivity index (χ1) is 18.4. The van der Waals surface area contributed by atoms with Crippen LogP contribution in [0.15, 0.2) is 60.8 Å². The number of aromatic nitrogens is 2. The molecule has 0 N–H and O–H groups in total. The largest absolute Gasteiger partial charge is 0.308 e. The fourth-order valence-corrected chi connectivity index (χ4v) is 7.15. The summed E-state index contributed by atoms with van der Waals surface area (Å²) in [5, 5.41) is 9.28. The Bertz CT molecular complexity index is 2090. The number of fused-ring (bicyclic) bond motifs is 7. The first kappa shape index (κ1) is 24.4. The second-order valence-electron chi connectivity index (χ2n) is 14.2. The van der Waals surface area contributed by atoms with E-state index in [-0.39, 0.29) is 10.8 Å². The maximum atomic E-state index is 5.09. The summed E-state index contributed by atoms with van der Waals surface area (Å²) in [5.74, 6) is 0. The molecule has 0 aliphatic carbocycles. The number of para-hydroxylation sites is 1. The van der Waals surface area contributed by atoms with Crippen molar-refractivity contribution in [2.45, 2.75) is 68.2 Å². The van der Waals surface area contributed by atoms with Crippen molar-refractivity contribution in [1.82, 2.24) is 9.38 Å². The van der Waals surface area contributed by atoms with Crippen LogP contribution in [0.2, 0.25) is 0 Å². The van der Waals surface area contributed by atoms with Crippen LogP contribution < -0.4 is 0 Å². The molecular formula is C37H38N2. The van der Waals surface area contributed by atoms with Gasteiger partial charge in [-0.2, -0.15) is 0 Å². The molecule has 0 aliphatic heterocycles. The van der Waals surface area contributed by atoms with Crippen LogP contribution in [0, 0.1) is 24.7 Å². The van der Waals surface area contributed by atoms with Gasteiger partial charge in [-0.1, -0.05) is 77.9 Å². The molecule has 0 saturated carbocycles. The molecule has 7 rings (SSSR count). The SMILES string of the molecule is Cc1c(CC(C)(C)C)c2c3ccccc3n3c4c(C)c5ccc(CC(C)(C)C)cc5cc4c4nccc1c4c23. The standard InChI is InChI=1S/C37H38N2/c1-21-26-15-16-38-33-28-18-24-17-23(19-36(3,4)5)13-14-25(24)22(2)34(28)39-30-12-10-9-11-27(30)31(35(39)32(26)33)29(21)20-37(6,7)8/h9-18H,19-20H2,1-8H3. The van der Waals surface area contributed by atoms with E-state index >= 15 is 0 Å². The first-order valence-electron chi connectivity index (χ1n) is 14.3. The van der Waals surface area contributed by atoms with E-state index in [4.69, 9.17) is 4.98 Å². The fraction of sp³-hybridized carbons (Fsp3) is 0.324. The molecule has 39 heavy (non-hydrogen) atoms. The number of benzene rings is 4. The predicted molar refractivity (Wildman–Crippen MR) is 170 cm³/mol. The Morgan fingerprint density at radius 1 is 0.667 bits per heavy atom. The van der Waals surface area contributed by atoms with Crippen LogP contribution >= 0.6 is 0 Å². The number of hydrogen-bond acceptors (Lipinski definition) is 1. The van der Waals surface area contributed by atoms with Gasteiger partial charge in [0.05, 0.1) is 22.1 Å². The molecule has 0 saturated heterocycles. The van der Waals surface area contributed by atoms with E-state index in [1.54, 1.807) is 0 Å². The van der Waals surface area contributed by atoms with E-state index in [1.807, 2.05) is 6.20 Å². The highest BCUT2D eigenvalue weighted by molar-refractivity contribution is 6.30. The number of rotatable bonds is 2. The number of pyridine rings is 2. The summed E-state index contributed by atoms with van der Waals surface area (Å²) in [7, 11) is 0. The van der Waals surface area contributed by atoms with E-state index in [1.165, 1.54) is 76.5 Å². The molecule has 0 spiro atoms. The summed E-state index contributed by atoms with van der Waals surface area (Å²) in [4.78, 5) is 5.09. The molecule has 2 nitrogen and oxygen atoms in total. The molecular weight excluding hydrogens is 472 g/mol. The maximum Gasteiger partial charge on any atom is 0.0823 e. The molecule has 7 aromatic rings. The van der Waals surface area contributed by atoms with Crippen molar-refractivity contribution < 1.29 is 0 Å². The molecule has 0 unspecified atom stereocenters. The summed E-state index contributed by atoms with van der Waals surface area (Å²) in [6.07, 6.45) is 4.13. The fourth-order valence-electron chi connectivity index (χ4n) is 7.15.